The summed E-state index contributed by atoms with van der Waals surface area (Å²) in [6.45, 7) is 0.328. The van der Waals surface area contributed by atoms with Crippen LogP contribution in [0.4, 0.5) is 10.2 Å². The maximum atomic E-state index is 13.6. The second-order valence-electron chi connectivity index (χ2n) is 4.71. The Morgan fingerprint density at radius 1 is 0.955 bits per heavy atom. The predicted molar refractivity (Wildman–Crippen MR) is 86.2 cm³/mol. The van der Waals surface area contributed by atoms with Crippen LogP contribution in [0.3, 0.4) is 0 Å². The van der Waals surface area contributed by atoms with E-state index in [1.807, 2.05) is 30.3 Å². The van der Waals surface area contributed by atoms with Gasteiger partial charge in [0.15, 0.2) is 5.82 Å². The Morgan fingerprint density at radius 3 is 2.45 bits per heavy atom. The van der Waals surface area contributed by atoms with Gasteiger partial charge < -0.3 is 5.32 Å². The van der Waals surface area contributed by atoms with Crippen LogP contribution < -0.4 is 5.32 Å². The lowest BCUT2D eigenvalue weighted by atomic mass is 10.2. The third-order valence-corrected chi connectivity index (χ3v) is 3.34. The molecule has 0 unspecified atom stereocenters. The quantitative estimate of drug-likeness (QED) is 0.718. The van der Waals surface area contributed by atoms with Crippen molar-refractivity contribution >= 4 is 17.4 Å². The summed E-state index contributed by atoms with van der Waals surface area (Å²) >= 11 is 6.05. The first kappa shape index (κ1) is 14.5. The molecular weight excluding hydrogens is 301 g/mol. The zero-order valence-corrected chi connectivity index (χ0v) is 12.4. The highest BCUT2D eigenvalue weighted by Gasteiger charge is 2.06. The van der Waals surface area contributed by atoms with E-state index in [0.29, 0.717) is 28.9 Å². The maximum Gasteiger partial charge on any atom is 0.163 e. The first-order chi connectivity index (χ1) is 10.7. The molecule has 0 bridgehead atoms. The Balaban J connectivity index is 1.83. The van der Waals surface area contributed by atoms with Crippen LogP contribution in [0.2, 0.25) is 5.15 Å². The van der Waals surface area contributed by atoms with Crippen LogP contribution in [0.15, 0.2) is 60.7 Å². The summed E-state index contributed by atoms with van der Waals surface area (Å²) in [7, 11) is 0. The van der Waals surface area contributed by atoms with Gasteiger partial charge in [-0.05, 0) is 6.07 Å². The lowest BCUT2D eigenvalue weighted by molar-refractivity contribution is 0.613. The molecule has 0 aliphatic carbocycles. The standard InChI is InChI=1S/C17H13ClFN3/c18-15-10-16(20-11-13-8-4-5-9-14(13)19)22-17(21-15)12-6-2-1-3-7-12/h1-10H,11H2,(H,20,21,22). The van der Waals surface area contributed by atoms with E-state index in [1.54, 1.807) is 24.3 Å². The van der Waals surface area contributed by atoms with Crippen molar-refractivity contribution in [2.24, 2.45) is 0 Å². The SMILES string of the molecule is Fc1ccccc1CNc1cc(Cl)nc(-c2ccccc2)n1. The van der Waals surface area contributed by atoms with Crippen LogP contribution in [0.1, 0.15) is 5.56 Å². The molecule has 0 saturated carbocycles. The molecule has 22 heavy (non-hydrogen) atoms. The van der Waals surface area contributed by atoms with Crippen LogP contribution in [-0.4, -0.2) is 9.97 Å². The zero-order valence-electron chi connectivity index (χ0n) is 11.6. The molecule has 0 radical (unpaired) electrons. The molecule has 0 aliphatic heterocycles. The molecule has 5 heteroatoms. The van der Waals surface area contributed by atoms with E-state index >= 15 is 0 Å². The Morgan fingerprint density at radius 2 is 1.68 bits per heavy atom. The summed E-state index contributed by atoms with van der Waals surface area (Å²) in [6, 6.07) is 17.8. The largest absolute Gasteiger partial charge is 0.366 e. The molecular formula is C17H13ClFN3. The lowest BCUT2D eigenvalue weighted by Crippen LogP contribution is -2.04. The lowest BCUT2D eigenvalue weighted by Gasteiger charge is -2.09. The normalized spacial score (nSPS) is 10.5. The third kappa shape index (κ3) is 3.40. The second-order valence-corrected chi connectivity index (χ2v) is 5.10. The minimum atomic E-state index is -0.251. The van der Waals surface area contributed by atoms with Gasteiger partial charge >= 0.3 is 0 Å². The molecule has 3 nitrogen and oxygen atoms in total. The number of hydrogen-bond donors (Lipinski definition) is 1. The fraction of sp³-hybridized carbons (Fsp3) is 0.0588. The van der Waals surface area contributed by atoms with E-state index in [9.17, 15) is 4.39 Å². The zero-order chi connectivity index (χ0) is 15.4. The molecule has 0 fully saturated rings. The summed E-state index contributed by atoms with van der Waals surface area (Å²) in [6.07, 6.45) is 0. The molecule has 0 amide bonds. The van der Waals surface area contributed by atoms with E-state index in [4.69, 9.17) is 11.6 Å². The van der Waals surface area contributed by atoms with Gasteiger partial charge in [-0.1, -0.05) is 60.1 Å². The Bertz CT molecular complexity index is 778. The van der Waals surface area contributed by atoms with Gasteiger partial charge in [-0.25, -0.2) is 14.4 Å². The summed E-state index contributed by atoms with van der Waals surface area (Å²) in [4.78, 5) is 8.64. The minimum absolute atomic E-state index is 0.251. The number of halogens is 2. The molecule has 2 aromatic carbocycles. The van der Waals surface area contributed by atoms with Gasteiger partial charge in [0, 0.05) is 23.7 Å². The van der Waals surface area contributed by atoms with E-state index in [0.717, 1.165) is 5.56 Å². The van der Waals surface area contributed by atoms with Crippen LogP contribution in [0, 0.1) is 5.82 Å². The molecule has 3 rings (SSSR count). The molecule has 3 aromatic rings. The van der Waals surface area contributed by atoms with E-state index in [2.05, 4.69) is 15.3 Å². The summed E-state index contributed by atoms with van der Waals surface area (Å²) in [5.41, 5.74) is 1.44. The monoisotopic (exact) mass is 313 g/mol. The average molecular weight is 314 g/mol. The summed E-state index contributed by atoms with van der Waals surface area (Å²) in [5.74, 6) is 0.838. The first-order valence-corrected chi connectivity index (χ1v) is 7.17. The predicted octanol–water partition coefficient (Wildman–Crippen LogP) is 4.55. The second kappa shape index (κ2) is 6.54. The Hall–Kier alpha value is -2.46. The van der Waals surface area contributed by atoms with E-state index in [-0.39, 0.29) is 5.82 Å². The molecule has 0 aliphatic rings. The fourth-order valence-electron chi connectivity index (χ4n) is 2.05. The van der Waals surface area contributed by atoms with Gasteiger partial charge in [0.2, 0.25) is 0 Å². The van der Waals surface area contributed by atoms with Gasteiger partial charge in [0.05, 0.1) is 0 Å². The van der Waals surface area contributed by atoms with Crippen LogP contribution in [-0.2, 0) is 6.54 Å². The Labute approximate surface area is 132 Å². The van der Waals surface area contributed by atoms with Gasteiger partial charge in [0.1, 0.15) is 16.8 Å². The van der Waals surface area contributed by atoms with Crippen molar-refractivity contribution in [3.63, 3.8) is 0 Å². The number of anilines is 1. The molecule has 1 N–H and O–H groups in total. The number of hydrogen-bond acceptors (Lipinski definition) is 3. The average Bonchev–Trinajstić information content (AvgIpc) is 2.54. The Kier molecular flexibility index (Phi) is 4.30. The topological polar surface area (TPSA) is 37.8 Å². The number of aromatic nitrogens is 2. The van der Waals surface area contributed by atoms with Gasteiger partial charge in [-0.3, -0.25) is 0 Å². The van der Waals surface area contributed by atoms with Crippen LogP contribution in [0.5, 0.6) is 0 Å². The van der Waals surface area contributed by atoms with Crippen molar-refractivity contribution in [1.29, 1.82) is 0 Å². The smallest absolute Gasteiger partial charge is 0.163 e. The molecule has 0 saturated heterocycles. The molecule has 0 atom stereocenters. The molecule has 1 heterocycles. The number of rotatable bonds is 4. The molecule has 0 spiro atoms. The van der Waals surface area contributed by atoms with Crippen molar-refractivity contribution in [2.75, 3.05) is 5.32 Å². The van der Waals surface area contributed by atoms with Crippen molar-refractivity contribution in [2.45, 2.75) is 6.54 Å². The summed E-state index contributed by atoms with van der Waals surface area (Å²) < 4.78 is 13.6. The highest BCUT2D eigenvalue weighted by molar-refractivity contribution is 6.29. The van der Waals surface area contributed by atoms with Crippen molar-refractivity contribution < 1.29 is 4.39 Å². The van der Waals surface area contributed by atoms with E-state index < -0.39 is 0 Å². The van der Waals surface area contributed by atoms with Crippen LogP contribution >= 0.6 is 11.6 Å². The minimum Gasteiger partial charge on any atom is -0.366 e. The highest BCUT2D eigenvalue weighted by atomic mass is 35.5. The van der Waals surface area contributed by atoms with Gasteiger partial charge in [0.25, 0.3) is 0 Å². The van der Waals surface area contributed by atoms with Crippen molar-refractivity contribution in [1.82, 2.24) is 9.97 Å². The third-order valence-electron chi connectivity index (χ3n) is 3.14. The molecule has 1 aromatic heterocycles. The van der Waals surface area contributed by atoms with Crippen LogP contribution in [0.25, 0.3) is 11.4 Å². The molecule has 110 valence electrons. The van der Waals surface area contributed by atoms with Crippen molar-refractivity contribution in [3.05, 3.63) is 77.2 Å². The van der Waals surface area contributed by atoms with Crippen molar-refractivity contribution in [3.8, 4) is 11.4 Å². The maximum absolute atomic E-state index is 13.6. The van der Waals surface area contributed by atoms with E-state index in [1.165, 1.54) is 6.07 Å². The number of benzene rings is 2. The fourth-order valence-corrected chi connectivity index (χ4v) is 2.24. The van der Waals surface area contributed by atoms with Gasteiger partial charge in [-0.2, -0.15) is 0 Å². The summed E-state index contributed by atoms with van der Waals surface area (Å²) in [5, 5.41) is 3.42. The highest BCUT2D eigenvalue weighted by Crippen LogP contribution is 2.20. The number of nitrogens with zero attached hydrogens (tertiary/aromatic N) is 2. The van der Waals surface area contributed by atoms with Gasteiger partial charge in [-0.15, -0.1) is 0 Å². The first-order valence-electron chi connectivity index (χ1n) is 6.79. The number of nitrogens with one attached hydrogen (secondary N) is 1.